The number of phosphoric acid groups is 1. The number of carboxylic acid groups (broad SMARTS) is 1. The number of phosphoric ester groups is 1. The van der Waals surface area contributed by atoms with Crippen molar-refractivity contribution in [2.45, 2.75) is 212 Å². The van der Waals surface area contributed by atoms with Crippen molar-refractivity contribution in [2.24, 2.45) is 5.73 Å². The fraction of sp³-hybridized carbons (Fsp3) is 0.923. The number of carboxylic acids is 1. The maximum atomic E-state index is 12.5. The molecule has 0 aromatic carbocycles. The standard InChI is InChI=1S/C39H76NO10P/c1-3-5-7-9-11-12-13-14-15-16-17-18-19-20-21-22-23-25-26-28-30-37(41)47-32-35(33-48-51(45,46)49-34-36(40)39(43)44)50-38(42)31-29-27-24-10-8-6-4-2/h35-36H,3-34,40H2,1-2H3,(H,43,44)(H,45,46)/t35-,36+/m0/s1. The largest absolute Gasteiger partial charge is 0.480 e. The molecule has 0 aromatic heterocycles. The van der Waals surface area contributed by atoms with Crippen LogP contribution in [0.3, 0.4) is 0 Å². The van der Waals surface area contributed by atoms with E-state index < -0.39 is 51.1 Å². The molecule has 0 aliphatic heterocycles. The van der Waals surface area contributed by atoms with Crippen molar-refractivity contribution in [2.75, 3.05) is 19.8 Å². The number of carbonyl (C=O) groups excluding carboxylic acids is 2. The number of hydrogen-bond donors (Lipinski definition) is 3. The van der Waals surface area contributed by atoms with E-state index in [1.54, 1.807) is 0 Å². The molecule has 0 aliphatic rings. The summed E-state index contributed by atoms with van der Waals surface area (Å²) in [6.45, 7) is 2.76. The van der Waals surface area contributed by atoms with Crippen molar-refractivity contribution in [1.29, 1.82) is 0 Å². The van der Waals surface area contributed by atoms with Crippen LogP contribution >= 0.6 is 7.82 Å². The first-order chi connectivity index (χ1) is 24.6. The second-order valence-corrected chi connectivity index (χ2v) is 15.6. The maximum absolute atomic E-state index is 12.5. The number of aliphatic carboxylic acids is 1. The summed E-state index contributed by atoms with van der Waals surface area (Å²) in [4.78, 5) is 45.6. The van der Waals surface area contributed by atoms with E-state index in [2.05, 4.69) is 18.4 Å². The SMILES string of the molecule is CCCCCCCCCCCCCCCCCCCCCCC(=O)OC[C@@H](COP(=O)(O)OC[C@@H](N)C(=O)O)OC(=O)CCCCCCCCC. The number of ether oxygens (including phenoxy) is 2. The second-order valence-electron chi connectivity index (χ2n) is 14.1. The Morgan fingerprint density at radius 2 is 0.863 bits per heavy atom. The molecule has 0 rings (SSSR count). The van der Waals surface area contributed by atoms with E-state index in [0.29, 0.717) is 12.8 Å². The molecule has 3 atom stereocenters. The molecule has 0 saturated heterocycles. The van der Waals surface area contributed by atoms with Gasteiger partial charge in [0.05, 0.1) is 13.2 Å². The Kier molecular flexibility index (Phi) is 34.4. The van der Waals surface area contributed by atoms with Crippen molar-refractivity contribution in [3.63, 3.8) is 0 Å². The zero-order chi connectivity index (χ0) is 37.8. The Morgan fingerprint density at radius 3 is 1.24 bits per heavy atom. The molecule has 0 bridgehead atoms. The summed E-state index contributed by atoms with van der Waals surface area (Å²) in [5.74, 6) is -2.37. The van der Waals surface area contributed by atoms with E-state index in [4.69, 9.17) is 24.8 Å². The highest BCUT2D eigenvalue weighted by Crippen LogP contribution is 2.43. The van der Waals surface area contributed by atoms with Crippen molar-refractivity contribution in [3.8, 4) is 0 Å². The quantitative estimate of drug-likeness (QED) is 0.0310. The topological polar surface area (TPSA) is 172 Å². The van der Waals surface area contributed by atoms with Gasteiger partial charge in [-0.05, 0) is 12.8 Å². The van der Waals surface area contributed by atoms with Gasteiger partial charge in [0.2, 0.25) is 0 Å². The predicted molar refractivity (Wildman–Crippen MR) is 203 cm³/mol. The minimum Gasteiger partial charge on any atom is -0.480 e. The van der Waals surface area contributed by atoms with Crippen LogP contribution in [-0.4, -0.2) is 59.9 Å². The molecule has 0 heterocycles. The van der Waals surface area contributed by atoms with Gasteiger partial charge in [0.25, 0.3) is 0 Å². The molecule has 302 valence electrons. The fourth-order valence-electron chi connectivity index (χ4n) is 5.83. The summed E-state index contributed by atoms with van der Waals surface area (Å²) >= 11 is 0. The van der Waals surface area contributed by atoms with E-state index >= 15 is 0 Å². The highest BCUT2D eigenvalue weighted by Gasteiger charge is 2.28. The van der Waals surface area contributed by atoms with Crippen LogP contribution in [0.15, 0.2) is 0 Å². The molecule has 51 heavy (non-hydrogen) atoms. The van der Waals surface area contributed by atoms with Gasteiger partial charge in [0.15, 0.2) is 6.10 Å². The van der Waals surface area contributed by atoms with Crippen molar-refractivity contribution < 1.29 is 47.5 Å². The molecule has 0 saturated carbocycles. The van der Waals surface area contributed by atoms with Gasteiger partial charge in [0.1, 0.15) is 12.6 Å². The third kappa shape index (κ3) is 35.3. The first kappa shape index (κ1) is 49.5. The van der Waals surface area contributed by atoms with Crippen LogP contribution in [0.1, 0.15) is 200 Å². The molecule has 4 N–H and O–H groups in total. The molecule has 0 amide bonds. The average molecular weight is 750 g/mol. The van der Waals surface area contributed by atoms with Crippen LogP contribution in [0.5, 0.6) is 0 Å². The first-order valence-corrected chi connectivity index (χ1v) is 22.1. The summed E-state index contributed by atoms with van der Waals surface area (Å²) in [5.41, 5.74) is 5.31. The molecule has 0 spiro atoms. The number of carbonyl (C=O) groups is 3. The van der Waals surface area contributed by atoms with E-state index in [-0.39, 0.29) is 19.4 Å². The third-order valence-corrected chi connectivity index (χ3v) is 10.1. The molecule has 11 nitrogen and oxygen atoms in total. The molecular formula is C39H76NO10P. The fourth-order valence-corrected chi connectivity index (χ4v) is 6.61. The lowest BCUT2D eigenvalue weighted by Crippen LogP contribution is -2.34. The zero-order valence-electron chi connectivity index (χ0n) is 32.5. The predicted octanol–water partition coefficient (Wildman–Crippen LogP) is 10.3. The van der Waals surface area contributed by atoms with Crippen molar-refractivity contribution in [1.82, 2.24) is 0 Å². The number of rotatable bonds is 39. The molecule has 12 heteroatoms. The highest BCUT2D eigenvalue weighted by atomic mass is 31.2. The lowest BCUT2D eigenvalue weighted by Gasteiger charge is -2.20. The minimum atomic E-state index is -4.70. The zero-order valence-corrected chi connectivity index (χ0v) is 33.4. The monoisotopic (exact) mass is 750 g/mol. The normalized spacial score (nSPS) is 13.8. The van der Waals surface area contributed by atoms with E-state index in [1.165, 1.54) is 116 Å². The van der Waals surface area contributed by atoms with Gasteiger partial charge in [-0.15, -0.1) is 0 Å². The van der Waals surface area contributed by atoms with E-state index in [0.717, 1.165) is 44.9 Å². The van der Waals surface area contributed by atoms with Gasteiger partial charge in [-0.2, -0.15) is 0 Å². The Bertz CT molecular complexity index is 890. The number of hydrogen-bond acceptors (Lipinski definition) is 9. The lowest BCUT2D eigenvalue weighted by atomic mass is 10.0. The van der Waals surface area contributed by atoms with Crippen LogP contribution in [-0.2, 0) is 37.5 Å². The highest BCUT2D eigenvalue weighted by molar-refractivity contribution is 7.47. The van der Waals surface area contributed by atoms with Crippen molar-refractivity contribution >= 4 is 25.7 Å². The molecular weight excluding hydrogens is 673 g/mol. The van der Waals surface area contributed by atoms with Crippen LogP contribution in [0.25, 0.3) is 0 Å². The molecule has 0 fully saturated rings. The summed E-state index contributed by atoms with van der Waals surface area (Å²) in [5, 5.41) is 8.84. The number of nitrogens with two attached hydrogens (primary N) is 1. The summed E-state index contributed by atoms with van der Waals surface area (Å²) in [7, 11) is -4.70. The molecule has 0 radical (unpaired) electrons. The van der Waals surface area contributed by atoms with Gasteiger partial charge in [-0.25, -0.2) is 4.57 Å². The van der Waals surface area contributed by atoms with Gasteiger partial charge in [-0.3, -0.25) is 23.4 Å². The van der Waals surface area contributed by atoms with Gasteiger partial charge < -0.3 is 25.2 Å². The smallest absolute Gasteiger partial charge is 0.472 e. The van der Waals surface area contributed by atoms with E-state index in [1.807, 2.05) is 0 Å². The minimum absolute atomic E-state index is 0.165. The Balaban J connectivity index is 4.15. The van der Waals surface area contributed by atoms with Crippen molar-refractivity contribution in [3.05, 3.63) is 0 Å². The summed E-state index contributed by atoms with van der Waals surface area (Å²) in [6, 6.07) is -1.51. The Labute approximate surface area is 310 Å². The van der Waals surface area contributed by atoms with Gasteiger partial charge >= 0.3 is 25.7 Å². The Morgan fingerprint density at radius 1 is 0.529 bits per heavy atom. The van der Waals surface area contributed by atoms with Crippen LogP contribution in [0, 0.1) is 0 Å². The van der Waals surface area contributed by atoms with Gasteiger partial charge in [-0.1, -0.05) is 174 Å². The summed E-state index contributed by atoms with van der Waals surface area (Å²) in [6.07, 6.45) is 32.1. The first-order valence-electron chi connectivity index (χ1n) is 20.6. The average Bonchev–Trinajstić information content (AvgIpc) is 3.10. The molecule has 1 unspecified atom stereocenters. The molecule has 0 aliphatic carbocycles. The number of unbranched alkanes of at least 4 members (excludes halogenated alkanes) is 25. The lowest BCUT2D eigenvalue weighted by molar-refractivity contribution is -0.161. The van der Waals surface area contributed by atoms with Crippen LogP contribution in [0.4, 0.5) is 0 Å². The molecule has 0 aromatic rings. The maximum Gasteiger partial charge on any atom is 0.472 e. The van der Waals surface area contributed by atoms with Gasteiger partial charge in [0, 0.05) is 12.8 Å². The van der Waals surface area contributed by atoms with Crippen LogP contribution in [0.2, 0.25) is 0 Å². The Hall–Kier alpha value is -1.52. The third-order valence-electron chi connectivity index (χ3n) is 9.11. The summed E-state index contributed by atoms with van der Waals surface area (Å²) < 4.78 is 32.5. The number of esters is 2. The van der Waals surface area contributed by atoms with Crippen LogP contribution < -0.4 is 5.73 Å². The second kappa shape index (κ2) is 35.5. The van der Waals surface area contributed by atoms with E-state index in [9.17, 15) is 23.8 Å².